The van der Waals surface area contributed by atoms with E-state index in [1.807, 2.05) is 49.4 Å². The lowest BCUT2D eigenvalue weighted by Gasteiger charge is -2.07. The highest BCUT2D eigenvalue weighted by Gasteiger charge is 2.08. The van der Waals surface area contributed by atoms with Crippen LogP contribution < -0.4 is 4.74 Å². The van der Waals surface area contributed by atoms with E-state index in [1.54, 1.807) is 12.1 Å². The number of hydrogen-bond acceptors (Lipinski definition) is 2. The van der Waals surface area contributed by atoms with Gasteiger partial charge in [0.25, 0.3) is 0 Å². The van der Waals surface area contributed by atoms with Gasteiger partial charge >= 0.3 is 0 Å². The van der Waals surface area contributed by atoms with E-state index in [1.165, 1.54) is 5.39 Å². The van der Waals surface area contributed by atoms with Gasteiger partial charge in [-0.3, -0.25) is 4.79 Å². The summed E-state index contributed by atoms with van der Waals surface area (Å²) in [5.41, 5.74) is 1.59. The van der Waals surface area contributed by atoms with Crippen molar-refractivity contribution >= 4 is 22.6 Å². The zero-order chi connectivity index (χ0) is 16.1. The van der Waals surface area contributed by atoms with Gasteiger partial charge in [0.2, 0.25) is 0 Å². The predicted octanol–water partition coefficient (Wildman–Crippen LogP) is 5.77. The molecule has 0 spiro atoms. The Morgan fingerprint density at radius 3 is 2.46 bits per heavy atom. The summed E-state index contributed by atoms with van der Waals surface area (Å²) in [5.74, 6) is 0.574. The van der Waals surface area contributed by atoms with Gasteiger partial charge in [-0.25, -0.2) is 0 Å². The quantitative estimate of drug-likeness (QED) is 0.441. The van der Waals surface area contributed by atoms with Crippen LogP contribution in [0.25, 0.3) is 16.8 Å². The van der Waals surface area contributed by atoms with E-state index in [4.69, 9.17) is 4.74 Å². The van der Waals surface area contributed by atoms with E-state index in [0.717, 1.165) is 10.9 Å². The molecule has 0 bridgehead atoms. The molecule has 2 nitrogen and oxygen atoms in total. The zero-order valence-corrected chi connectivity index (χ0v) is 13.0. The maximum Gasteiger partial charge on any atom is 0.189 e. The van der Waals surface area contributed by atoms with E-state index in [9.17, 15) is 4.79 Å². The predicted molar refractivity (Wildman–Crippen MR) is 102 cm³/mol. The minimum atomic E-state index is -0.0535. The first-order valence-electron chi connectivity index (χ1n) is 7.71. The van der Waals surface area contributed by atoms with Gasteiger partial charge in [0.05, 0.1) is 12.2 Å². The van der Waals surface area contributed by atoms with Gasteiger partial charge < -0.3 is 4.74 Å². The minimum absolute atomic E-state index is 0. The molecule has 0 aliphatic heterocycles. The van der Waals surface area contributed by atoms with Crippen molar-refractivity contribution in [2.75, 3.05) is 6.61 Å². The number of rotatable bonds is 5. The molecule has 3 aromatic carbocycles. The van der Waals surface area contributed by atoms with Crippen LogP contribution in [0.15, 0.2) is 72.8 Å². The molecule has 3 rings (SSSR count). The van der Waals surface area contributed by atoms with Crippen LogP contribution in [0, 0.1) is 0 Å². The van der Waals surface area contributed by atoms with Crippen molar-refractivity contribution in [3.05, 3.63) is 83.9 Å². The minimum Gasteiger partial charge on any atom is -0.493 e. The fraction of sp³-hybridized carbons (Fsp3) is 0.136. The standard InChI is InChI=1S/C21H18O2.CH4/c1-2-23-21-10-6-5-9-19(21)20(22)14-12-16-11-13-17-7-3-4-8-18(17)15-16;/h3-15H,2H2,1H3;1H4/b14-12+;. The van der Waals surface area contributed by atoms with Gasteiger partial charge in [-0.15, -0.1) is 0 Å². The Labute approximate surface area is 143 Å². The second kappa shape index (κ2) is 8.11. The molecule has 0 aliphatic rings. The summed E-state index contributed by atoms with van der Waals surface area (Å²) >= 11 is 0. The van der Waals surface area contributed by atoms with Crippen LogP contribution in [0.2, 0.25) is 0 Å². The van der Waals surface area contributed by atoms with E-state index in [2.05, 4.69) is 24.3 Å². The van der Waals surface area contributed by atoms with Gasteiger partial charge in [-0.1, -0.05) is 62.0 Å². The lowest BCUT2D eigenvalue weighted by molar-refractivity contribution is 0.104. The highest BCUT2D eigenvalue weighted by atomic mass is 16.5. The molecule has 122 valence electrons. The molecule has 2 heteroatoms. The summed E-state index contributed by atoms with van der Waals surface area (Å²) in [6, 6.07) is 21.7. The zero-order valence-electron chi connectivity index (χ0n) is 13.0. The monoisotopic (exact) mass is 318 g/mol. The molecular weight excluding hydrogens is 296 g/mol. The molecule has 0 fully saturated rings. The first-order chi connectivity index (χ1) is 11.3. The molecule has 0 atom stereocenters. The third-order valence-corrected chi connectivity index (χ3v) is 3.65. The number of hydrogen-bond donors (Lipinski definition) is 0. The number of ketones is 1. The Balaban J connectivity index is 0.00000208. The van der Waals surface area contributed by atoms with Gasteiger partial charge in [-0.2, -0.15) is 0 Å². The van der Waals surface area contributed by atoms with Crippen molar-refractivity contribution in [1.29, 1.82) is 0 Å². The number of benzene rings is 3. The third kappa shape index (κ3) is 3.90. The fourth-order valence-electron chi connectivity index (χ4n) is 2.52. The molecule has 0 N–H and O–H groups in total. The van der Waals surface area contributed by atoms with Crippen molar-refractivity contribution in [3.63, 3.8) is 0 Å². The Hall–Kier alpha value is -2.87. The van der Waals surface area contributed by atoms with E-state index >= 15 is 0 Å². The normalized spacial score (nSPS) is 10.5. The lowest BCUT2D eigenvalue weighted by atomic mass is 10.0. The van der Waals surface area contributed by atoms with Crippen LogP contribution in [0.4, 0.5) is 0 Å². The SMILES string of the molecule is C.CCOc1ccccc1C(=O)/C=C/c1ccc2ccccc2c1. The summed E-state index contributed by atoms with van der Waals surface area (Å²) in [4.78, 5) is 12.4. The van der Waals surface area contributed by atoms with Crippen molar-refractivity contribution < 1.29 is 9.53 Å². The van der Waals surface area contributed by atoms with Crippen molar-refractivity contribution in [2.45, 2.75) is 14.4 Å². The first-order valence-corrected chi connectivity index (χ1v) is 7.71. The van der Waals surface area contributed by atoms with Crippen LogP contribution in [0.5, 0.6) is 5.75 Å². The van der Waals surface area contributed by atoms with Crippen LogP contribution in [0.1, 0.15) is 30.3 Å². The van der Waals surface area contributed by atoms with Crippen LogP contribution in [0.3, 0.4) is 0 Å². The maximum atomic E-state index is 12.4. The fourth-order valence-corrected chi connectivity index (χ4v) is 2.52. The summed E-state index contributed by atoms with van der Waals surface area (Å²) in [6.45, 7) is 2.45. The second-order valence-electron chi connectivity index (χ2n) is 5.23. The van der Waals surface area contributed by atoms with E-state index < -0.39 is 0 Å². The first kappa shape index (κ1) is 17.5. The Kier molecular flexibility index (Phi) is 5.91. The topological polar surface area (TPSA) is 26.3 Å². The van der Waals surface area contributed by atoms with E-state index in [-0.39, 0.29) is 13.2 Å². The Bertz CT molecular complexity index is 862. The molecule has 0 aromatic heterocycles. The Morgan fingerprint density at radius 2 is 1.67 bits per heavy atom. The van der Waals surface area contributed by atoms with Gasteiger partial charge in [-0.05, 0) is 47.5 Å². The third-order valence-electron chi connectivity index (χ3n) is 3.65. The van der Waals surface area contributed by atoms with Crippen molar-refractivity contribution in [2.24, 2.45) is 0 Å². The number of allylic oxidation sites excluding steroid dienone is 1. The van der Waals surface area contributed by atoms with Crippen molar-refractivity contribution in [1.82, 2.24) is 0 Å². The lowest BCUT2D eigenvalue weighted by Crippen LogP contribution is -2.01. The summed E-state index contributed by atoms with van der Waals surface area (Å²) in [5, 5.41) is 2.36. The summed E-state index contributed by atoms with van der Waals surface area (Å²) in [7, 11) is 0. The molecule has 0 heterocycles. The molecule has 0 unspecified atom stereocenters. The number of ether oxygens (including phenoxy) is 1. The maximum absolute atomic E-state index is 12.4. The summed E-state index contributed by atoms with van der Waals surface area (Å²) < 4.78 is 5.51. The average molecular weight is 318 g/mol. The average Bonchev–Trinajstić information content (AvgIpc) is 2.60. The van der Waals surface area contributed by atoms with Crippen LogP contribution >= 0.6 is 0 Å². The number of para-hydroxylation sites is 1. The largest absolute Gasteiger partial charge is 0.493 e. The highest BCUT2D eigenvalue weighted by Crippen LogP contribution is 2.20. The number of carbonyl (C=O) groups is 1. The highest BCUT2D eigenvalue weighted by molar-refractivity contribution is 6.08. The van der Waals surface area contributed by atoms with Gasteiger partial charge in [0.1, 0.15) is 5.75 Å². The van der Waals surface area contributed by atoms with Gasteiger partial charge in [0, 0.05) is 0 Å². The van der Waals surface area contributed by atoms with Crippen LogP contribution in [-0.4, -0.2) is 12.4 Å². The van der Waals surface area contributed by atoms with E-state index in [0.29, 0.717) is 17.9 Å². The molecule has 24 heavy (non-hydrogen) atoms. The second-order valence-corrected chi connectivity index (χ2v) is 5.23. The van der Waals surface area contributed by atoms with Crippen molar-refractivity contribution in [3.8, 4) is 5.75 Å². The number of fused-ring (bicyclic) bond motifs is 1. The van der Waals surface area contributed by atoms with Gasteiger partial charge in [0.15, 0.2) is 5.78 Å². The molecule has 3 aromatic rings. The molecule has 0 radical (unpaired) electrons. The molecule has 0 saturated heterocycles. The Morgan fingerprint density at radius 1 is 0.958 bits per heavy atom. The number of carbonyl (C=O) groups excluding carboxylic acids is 1. The molecular formula is C22H22O2. The molecule has 0 amide bonds. The molecule has 0 aliphatic carbocycles. The van der Waals surface area contributed by atoms with Crippen LogP contribution in [-0.2, 0) is 0 Å². The smallest absolute Gasteiger partial charge is 0.189 e. The molecule has 0 saturated carbocycles. The summed E-state index contributed by atoms with van der Waals surface area (Å²) in [6.07, 6.45) is 3.44.